The maximum atomic E-state index is 10.6. The summed E-state index contributed by atoms with van der Waals surface area (Å²) in [5.41, 5.74) is 4.86. The van der Waals surface area contributed by atoms with Gasteiger partial charge in [0.1, 0.15) is 17.1 Å². The van der Waals surface area contributed by atoms with Crippen LogP contribution in [0.15, 0.2) is 65.3 Å². The molecule has 0 spiro atoms. The highest BCUT2D eigenvalue weighted by molar-refractivity contribution is 9.10. The lowest BCUT2D eigenvalue weighted by Crippen LogP contribution is -2.21. The number of rotatable bonds is 5. The molecule has 0 bridgehead atoms. The van der Waals surface area contributed by atoms with Crippen molar-refractivity contribution in [3.8, 4) is 17.1 Å². The summed E-state index contributed by atoms with van der Waals surface area (Å²) < 4.78 is 69.6. The van der Waals surface area contributed by atoms with E-state index in [4.69, 9.17) is 24.5 Å². The van der Waals surface area contributed by atoms with Crippen molar-refractivity contribution in [1.82, 2.24) is 15.0 Å². The number of carboxylic acids is 2. The highest BCUT2D eigenvalue weighted by atomic mass is 79.9. The van der Waals surface area contributed by atoms with Crippen LogP contribution in [0, 0.1) is 0 Å². The number of aromatic nitrogens is 3. The lowest BCUT2D eigenvalue weighted by atomic mass is 10.2. The average Bonchev–Trinajstić information content (AvgIpc) is 3.31. The lowest BCUT2D eigenvalue weighted by Gasteiger charge is -2.08. The van der Waals surface area contributed by atoms with Gasteiger partial charge in [-0.05, 0) is 64.0 Å². The van der Waals surface area contributed by atoms with Crippen molar-refractivity contribution in [2.45, 2.75) is 18.9 Å². The van der Waals surface area contributed by atoms with Gasteiger partial charge in [0, 0.05) is 28.5 Å². The van der Waals surface area contributed by atoms with E-state index in [1.165, 1.54) is 5.56 Å². The number of carbonyl (C=O) groups is 2. The first-order valence-electron chi connectivity index (χ1n) is 10.7. The van der Waals surface area contributed by atoms with E-state index in [-0.39, 0.29) is 0 Å². The number of halogens is 7. The standard InChI is InChI=1S/C20H17BrN4O.2C2HF3O2/c1-26-17-4-2-3-13(9-17)11-22-16-7-5-14(6-8-16)19-24-18-10-15(21)12-23-20(18)25-19;2*3-2(4,5)1(6)7/h2-10,12,22H,11H2,1H3,(H,23,24,25);2*(H,6,7). The van der Waals surface area contributed by atoms with Gasteiger partial charge < -0.3 is 25.3 Å². The molecule has 4 rings (SSSR count). The van der Waals surface area contributed by atoms with Crippen LogP contribution in [0.3, 0.4) is 0 Å². The second-order valence-corrected chi connectivity index (χ2v) is 8.41. The summed E-state index contributed by atoms with van der Waals surface area (Å²) in [4.78, 5) is 30.0. The SMILES string of the molecule is COc1cccc(CNc2ccc(-c3nc4cc(Br)cnc4[nH]3)cc2)c1.O=C(O)C(F)(F)F.O=C(O)C(F)(F)F. The van der Waals surface area contributed by atoms with Gasteiger partial charge in [-0.25, -0.2) is 19.6 Å². The van der Waals surface area contributed by atoms with Crippen molar-refractivity contribution in [3.05, 3.63) is 70.8 Å². The van der Waals surface area contributed by atoms with E-state index in [9.17, 15) is 26.3 Å². The van der Waals surface area contributed by atoms with Gasteiger partial charge >= 0.3 is 24.3 Å². The van der Waals surface area contributed by atoms with Crippen LogP contribution in [0.1, 0.15) is 5.56 Å². The Morgan fingerprint density at radius 3 is 2.08 bits per heavy atom. The molecule has 2 aromatic heterocycles. The minimum absolute atomic E-state index is 0.735. The molecule has 0 amide bonds. The number of nitrogens with one attached hydrogen (secondary N) is 2. The number of carboxylic acid groups (broad SMARTS) is 2. The topological polar surface area (TPSA) is 137 Å². The summed E-state index contributed by atoms with van der Waals surface area (Å²) in [5, 5.41) is 17.7. The third-order valence-electron chi connectivity index (χ3n) is 4.58. The highest BCUT2D eigenvalue weighted by Gasteiger charge is 2.38. The number of nitrogens with zero attached hydrogens (tertiary/aromatic N) is 2. The number of aliphatic carboxylic acids is 2. The molecule has 9 nitrogen and oxygen atoms in total. The first kappa shape index (κ1) is 31.9. The van der Waals surface area contributed by atoms with Gasteiger partial charge in [-0.2, -0.15) is 26.3 Å². The molecule has 0 fully saturated rings. The first-order chi connectivity index (χ1) is 18.6. The Labute approximate surface area is 230 Å². The molecule has 0 atom stereocenters. The van der Waals surface area contributed by atoms with Crippen LogP contribution in [0.5, 0.6) is 5.75 Å². The minimum Gasteiger partial charge on any atom is -0.497 e. The Morgan fingerprint density at radius 2 is 1.55 bits per heavy atom. The number of aromatic amines is 1. The summed E-state index contributed by atoms with van der Waals surface area (Å²) in [5.74, 6) is -3.84. The van der Waals surface area contributed by atoms with Gasteiger partial charge in [-0.1, -0.05) is 12.1 Å². The monoisotopic (exact) mass is 636 g/mol. The number of benzene rings is 2. The van der Waals surface area contributed by atoms with Crippen molar-refractivity contribution < 1.29 is 50.9 Å². The van der Waals surface area contributed by atoms with Crippen molar-refractivity contribution in [3.63, 3.8) is 0 Å². The average molecular weight is 637 g/mol. The van der Waals surface area contributed by atoms with Crippen molar-refractivity contribution >= 4 is 44.7 Å². The van der Waals surface area contributed by atoms with Crippen LogP contribution in [0.4, 0.5) is 32.0 Å². The molecule has 0 saturated carbocycles. The predicted octanol–water partition coefficient (Wildman–Crippen LogP) is 6.27. The highest BCUT2D eigenvalue weighted by Crippen LogP contribution is 2.23. The fourth-order valence-corrected chi connectivity index (χ4v) is 3.06. The molecule has 2 heterocycles. The van der Waals surface area contributed by atoms with E-state index in [0.29, 0.717) is 0 Å². The molecule has 4 aromatic rings. The van der Waals surface area contributed by atoms with E-state index in [1.807, 2.05) is 48.5 Å². The number of ether oxygens (including phenoxy) is 1. The third kappa shape index (κ3) is 10.1. The Morgan fingerprint density at radius 1 is 0.975 bits per heavy atom. The van der Waals surface area contributed by atoms with E-state index < -0.39 is 24.3 Å². The van der Waals surface area contributed by atoms with Crippen LogP contribution in [0.25, 0.3) is 22.6 Å². The predicted molar refractivity (Wildman–Crippen MR) is 135 cm³/mol. The molecule has 16 heteroatoms. The van der Waals surface area contributed by atoms with E-state index >= 15 is 0 Å². The molecule has 40 heavy (non-hydrogen) atoms. The molecule has 0 aliphatic heterocycles. The number of fused-ring (bicyclic) bond motifs is 1. The number of anilines is 1. The first-order valence-corrected chi connectivity index (χ1v) is 11.5. The van der Waals surface area contributed by atoms with E-state index in [2.05, 4.69) is 42.3 Å². The van der Waals surface area contributed by atoms with Crippen LogP contribution < -0.4 is 10.1 Å². The summed E-state index contributed by atoms with van der Waals surface area (Å²) in [6, 6.07) is 18.2. The van der Waals surface area contributed by atoms with Crippen LogP contribution in [-0.4, -0.2) is 56.6 Å². The zero-order valence-electron chi connectivity index (χ0n) is 20.1. The van der Waals surface area contributed by atoms with Gasteiger partial charge in [0.15, 0.2) is 5.65 Å². The van der Waals surface area contributed by atoms with E-state index in [1.54, 1.807) is 13.3 Å². The smallest absolute Gasteiger partial charge is 0.490 e. The molecular weight excluding hydrogens is 618 g/mol. The van der Waals surface area contributed by atoms with Crippen LogP contribution in [-0.2, 0) is 16.1 Å². The second kappa shape index (κ2) is 13.6. The van der Waals surface area contributed by atoms with Gasteiger partial charge in [-0.3, -0.25) is 0 Å². The Hall–Kier alpha value is -4.34. The number of methoxy groups -OCH3 is 1. The van der Waals surface area contributed by atoms with Gasteiger partial charge in [0.2, 0.25) is 0 Å². The zero-order valence-corrected chi connectivity index (χ0v) is 21.7. The maximum absolute atomic E-state index is 10.6. The molecule has 2 aromatic carbocycles. The number of H-pyrrole nitrogens is 1. The van der Waals surface area contributed by atoms with Crippen molar-refractivity contribution in [1.29, 1.82) is 0 Å². The number of alkyl halides is 6. The molecule has 0 saturated heterocycles. The molecule has 0 aliphatic rings. The molecule has 4 N–H and O–H groups in total. The number of imidazole rings is 1. The second-order valence-electron chi connectivity index (χ2n) is 7.49. The number of hydrogen-bond acceptors (Lipinski definition) is 6. The zero-order chi connectivity index (χ0) is 30.1. The number of hydrogen-bond donors (Lipinski definition) is 4. The molecule has 0 radical (unpaired) electrons. The number of pyridine rings is 1. The summed E-state index contributed by atoms with van der Waals surface area (Å²) in [7, 11) is 1.68. The van der Waals surface area contributed by atoms with Gasteiger partial charge in [0.05, 0.1) is 7.11 Å². The normalized spacial score (nSPS) is 11.0. The van der Waals surface area contributed by atoms with Gasteiger partial charge in [0.25, 0.3) is 0 Å². The summed E-state index contributed by atoms with van der Waals surface area (Å²) in [6.45, 7) is 0.735. The van der Waals surface area contributed by atoms with E-state index in [0.717, 1.165) is 45.0 Å². The fraction of sp³-hybridized carbons (Fsp3) is 0.167. The maximum Gasteiger partial charge on any atom is 0.490 e. The van der Waals surface area contributed by atoms with Crippen LogP contribution in [0.2, 0.25) is 0 Å². The Kier molecular flexibility index (Phi) is 10.9. The molecule has 0 aliphatic carbocycles. The molecule has 214 valence electrons. The lowest BCUT2D eigenvalue weighted by molar-refractivity contribution is -0.193. The Bertz CT molecular complexity index is 1420. The largest absolute Gasteiger partial charge is 0.497 e. The third-order valence-corrected chi connectivity index (χ3v) is 5.01. The summed E-state index contributed by atoms with van der Waals surface area (Å²) in [6.07, 6.45) is -8.41. The molecular formula is C24H19BrF6N4O5. The van der Waals surface area contributed by atoms with Gasteiger partial charge in [-0.15, -0.1) is 0 Å². The Balaban J connectivity index is 0.000000333. The summed E-state index contributed by atoms with van der Waals surface area (Å²) >= 11 is 3.42. The minimum atomic E-state index is -5.08. The quantitative estimate of drug-likeness (QED) is 0.188. The van der Waals surface area contributed by atoms with Crippen molar-refractivity contribution in [2.24, 2.45) is 0 Å². The van der Waals surface area contributed by atoms with Crippen molar-refractivity contribution in [2.75, 3.05) is 12.4 Å². The molecule has 0 unspecified atom stereocenters. The fourth-order valence-electron chi connectivity index (χ4n) is 2.74. The van der Waals surface area contributed by atoms with Crippen LogP contribution >= 0.6 is 15.9 Å².